The van der Waals surface area contributed by atoms with Crippen molar-refractivity contribution in [1.82, 2.24) is 4.90 Å². The quantitative estimate of drug-likeness (QED) is 0.910. The Kier molecular flexibility index (Phi) is 5.03. The summed E-state index contributed by atoms with van der Waals surface area (Å²) < 4.78 is 5.48. The van der Waals surface area contributed by atoms with Crippen molar-refractivity contribution in [1.29, 1.82) is 0 Å². The molecule has 1 aliphatic rings. The monoisotopic (exact) mass is 338 g/mol. The molecule has 2 aromatic carbocycles. The maximum absolute atomic E-state index is 12.9. The molecule has 0 spiro atoms. The number of amides is 2. The molecule has 0 bridgehead atoms. The third kappa shape index (κ3) is 3.65. The van der Waals surface area contributed by atoms with Crippen LogP contribution in [0.4, 0.5) is 0 Å². The Morgan fingerprint density at radius 3 is 2.32 bits per heavy atom. The van der Waals surface area contributed by atoms with Crippen molar-refractivity contribution in [2.75, 3.05) is 13.2 Å². The summed E-state index contributed by atoms with van der Waals surface area (Å²) in [5.41, 5.74) is 7.34. The van der Waals surface area contributed by atoms with Crippen LogP contribution in [-0.4, -0.2) is 29.9 Å². The van der Waals surface area contributed by atoms with Crippen LogP contribution in [-0.2, 0) is 0 Å². The van der Waals surface area contributed by atoms with Crippen LogP contribution in [0, 0.1) is 0 Å². The second kappa shape index (κ2) is 7.38. The molecule has 2 aromatic rings. The molecule has 1 fully saturated rings. The summed E-state index contributed by atoms with van der Waals surface area (Å²) >= 11 is 0. The van der Waals surface area contributed by atoms with Gasteiger partial charge in [0.05, 0.1) is 12.6 Å². The zero-order chi connectivity index (χ0) is 17.8. The molecular formula is C20H22N2O3. The number of carbonyl (C=O) groups excluding carboxylic acids is 2. The molecule has 0 radical (unpaired) electrons. The Labute approximate surface area is 147 Å². The van der Waals surface area contributed by atoms with Crippen molar-refractivity contribution in [3.63, 3.8) is 0 Å². The van der Waals surface area contributed by atoms with E-state index in [1.54, 1.807) is 24.3 Å². The number of nitrogens with two attached hydrogens (primary N) is 1. The molecular weight excluding hydrogens is 316 g/mol. The van der Waals surface area contributed by atoms with Crippen molar-refractivity contribution in [2.45, 2.75) is 25.8 Å². The highest BCUT2D eigenvalue weighted by atomic mass is 16.5. The van der Waals surface area contributed by atoms with Gasteiger partial charge in [-0.2, -0.15) is 0 Å². The lowest BCUT2D eigenvalue weighted by Gasteiger charge is -2.25. The van der Waals surface area contributed by atoms with E-state index in [0.717, 1.165) is 30.7 Å². The predicted octanol–water partition coefficient (Wildman–Crippen LogP) is 3.16. The van der Waals surface area contributed by atoms with Crippen LogP contribution >= 0.6 is 0 Å². The van der Waals surface area contributed by atoms with Crippen molar-refractivity contribution < 1.29 is 14.3 Å². The van der Waals surface area contributed by atoms with Gasteiger partial charge >= 0.3 is 0 Å². The fraction of sp³-hybridized carbons (Fsp3) is 0.300. The van der Waals surface area contributed by atoms with E-state index in [2.05, 4.69) is 0 Å². The number of rotatable bonds is 5. The van der Waals surface area contributed by atoms with E-state index in [0.29, 0.717) is 17.7 Å². The molecule has 3 rings (SSSR count). The smallest absolute Gasteiger partial charge is 0.254 e. The molecule has 1 atom stereocenters. The molecule has 5 heteroatoms. The van der Waals surface area contributed by atoms with Gasteiger partial charge in [-0.05, 0) is 61.7 Å². The van der Waals surface area contributed by atoms with Gasteiger partial charge < -0.3 is 15.4 Å². The highest BCUT2D eigenvalue weighted by molar-refractivity contribution is 5.97. The molecule has 0 unspecified atom stereocenters. The average Bonchev–Trinajstić information content (AvgIpc) is 3.12. The highest BCUT2D eigenvalue weighted by Gasteiger charge is 2.30. The summed E-state index contributed by atoms with van der Waals surface area (Å²) in [7, 11) is 0. The number of likely N-dealkylation sites (tertiary alicyclic amines) is 1. The van der Waals surface area contributed by atoms with Gasteiger partial charge in [0.1, 0.15) is 5.75 Å². The number of carbonyl (C=O) groups is 2. The van der Waals surface area contributed by atoms with Crippen molar-refractivity contribution in [3.05, 3.63) is 65.2 Å². The molecule has 1 saturated heterocycles. The molecule has 0 aliphatic carbocycles. The lowest BCUT2D eigenvalue weighted by molar-refractivity contribution is 0.0735. The van der Waals surface area contributed by atoms with Crippen LogP contribution < -0.4 is 10.5 Å². The lowest BCUT2D eigenvalue weighted by atomic mass is 10.0. The van der Waals surface area contributed by atoms with Crippen LogP contribution in [0.1, 0.15) is 52.1 Å². The number of hydrogen-bond donors (Lipinski definition) is 1. The van der Waals surface area contributed by atoms with Crippen molar-refractivity contribution in [3.8, 4) is 5.75 Å². The molecule has 25 heavy (non-hydrogen) atoms. The van der Waals surface area contributed by atoms with E-state index < -0.39 is 5.91 Å². The van der Waals surface area contributed by atoms with E-state index in [1.165, 1.54) is 0 Å². The van der Waals surface area contributed by atoms with Gasteiger partial charge in [0, 0.05) is 17.7 Å². The zero-order valence-electron chi connectivity index (χ0n) is 14.3. The Bertz CT molecular complexity index is 754. The van der Waals surface area contributed by atoms with Crippen LogP contribution in [0.25, 0.3) is 0 Å². The van der Waals surface area contributed by atoms with Gasteiger partial charge in [0.25, 0.3) is 5.91 Å². The van der Waals surface area contributed by atoms with E-state index in [-0.39, 0.29) is 11.9 Å². The Morgan fingerprint density at radius 2 is 1.72 bits per heavy atom. The normalized spacial score (nSPS) is 16.7. The van der Waals surface area contributed by atoms with Gasteiger partial charge in [-0.15, -0.1) is 0 Å². The third-order valence-electron chi connectivity index (χ3n) is 4.51. The minimum absolute atomic E-state index is 0.0209. The first-order chi connectivity index (χ1) is 12.1. The number of ether oxygens (including phenoxy) is 1. The third-order valence-corrected chi connectivity index (χ3v) is 4.51. The van der Waals surface area contributed by atoms with Gasteiger partial charge in [0.15, 0.2) is 0 Å². The van der Waals surface area contributed by atoms with Crippen LogP contribution in [0.15, 0.2) is 48.5 Å². The highest BCUT2D eigenvalue weighted by Crippen LogP contribution is 2.33. The summed E-state index contributed by atoms with van der Waals surface area (Å²) in [6.45, 7) is 3.32. The van der Waals surface area contributed by atoms with Crippen LogP contribution in [0.3, 0.4) is 0 Å². The van der Waals surface area contributed by atoms with Crippen molar-refractivity contribution in [2.24, 2.45) is 5.73 Å². The minimum atomic E-state index is -0.493. The lowest BCUT2D eigenvalue weighted by Crippen LogP contribution is -2.30. The van der Waals surface area contributed by atoms with Crippen molar-refractivity contribution >= 4 is 11.8 Å². The first-order valence-electron chi connectivity index (χ1n) is 8.53. The minimum Gasteiger partial charge on any atom is -0.494 e. The van der Waals surface area contributed by atoms with E-state index in [4.69, 9.17) is 10.5 Å². The molecule has 0 saturated carbocycles. The molecule has 0 aromatic heterocycles. The van der Waals surface area contributed by atoms with Gasteiger partial charge in [-0.1, -0.05) is 12.1 Å². The largest absolute Gasteiger partial charge is 0.494 e. The molecule has 1 aliphatic heterocycles. The average molecular weight is 338 g/mol. The summed E-state index contributed by atoms with van der Waals surface area (Å²) in [6.07, 6.45) is 1.92. The summed E-state index contributed by atoms with van der Waals surface area (Å²) in [5, 5.41) is 0. The van der Waals surface area contributed by atoms with Gasteiger partial charge in [0.2, 0.25) is 5.91 Å². The second-order valence-electron chi connectivity index (χ2n) is 6.10. The first-order valence-corrected chi connectivity index (χ1v) is 8.53. The fourth-order valence-electron chi connectivity index (χ4n) is 3.25. The number of hydrogen-bond acceptors (Lipinski definition) is 3. The molecule has 130 valence electrons. The standard InChI is InChI=1S/C20H22N2O3/c1-2-25-17-11-9-14(10-12-17)18-4-3-13-22(18)20(24)16-7-5-15(6-8-16)19(21)23/h5-12,18H,2-4,13H2,1H3,(H2,21,23)/t18-/m0/s1. The van der Waals surface area contributed by atoms with Crippen LogP contribution in [0.2, 0.25) is 0 Å². The Morgan fingerprint density at radius 1 is 1.08 bits per heavy atom. The first kappa shape index (κ1) is 17.0. The molecule has 1 heterocycles. The maximum Gasteiger partial charge on any atom is 0.254 e. The SMILES string of the molecule is CCOc1ccc([C@@H]2CCCN2C(=O)c2ccc(C(N)=O)cc2)cc1. The number of nitrogens with zero attached hydrogens (tertiary/aromatic N) is 1. The topological polar surface area (TPSA) is 72.6 Å². The Balaban J connectivity index is 1.78. The summed E-state index contributed by atoms with van der Waals surface area (Å²) in [6, 6.07) is 14.5. The summed E-state index contributed by atoms with van der Waals surface area (Å²) in [5.74, 6) is 0.323. The fourth-order valence-corrected chi connectivity index (χ4v) is 3.25. The molecule has 2 N–H and O–H groups in total. The van der Waals surface area contributed by atoms with Gasteiger partial charge in [-0.25, -0.2) is 0 Å². The maximum atomic E-state index is 12.9. The van der Waals surface area contributed by atoms with E-state index in [9.17, 15) is 9.59 Å². The van der Waals surface area contributed by atoms with Gasteiger partial charge in [-0.3, -0.25) is 9.59 Å². The van der Waals surface area contributed by atoms with E-state index in [1.807, 2.05) is 36.1 Å². The predicted molar refractivity (Wildman–Crippen MR) is 95.6 cm³/mol. The second-order valence-corrected chi connectivity index (χ2v) is 6.10. The Hall–Kier alpha value is -2.82. The number of benzene rings is 2. The molecule has 2 amide bonds. The molecule has 5 nitrogen and oxygen atoms in total. The number of primary amides is 1. The van der Waals surface area contributed by atoms with E-state index >= 15 is 0 Å². The summed E-state index contributed by atoms with van der Waals surface area (Å²) in [4.78, 5) is 25.9. The zero-order valence-corrected chi connectivity index (χ0v) is 14.3. The van der Waals surface area contributed by atoms with Crippen LogP contribution in [0.5, 0.6) is 5.75 Å².